The van der Waals surface area contributed by atoms with Crippen LogP contribution in [-0.4, -0.2) is 0 Å². The first-order chi connectivity index (χ1) is 13.7. The topological polar surface area (TPSA) is 0 Å². The summed E-state index contributed by atoms with van der Waals surface area (Å²) in [5, 5.41) is 0. The van der Waals surface area contributed by atoms with Crippen molar-refractivity contribution in [2.45, 2.75) is 89.9 Å². The molecule has 154 valence electrons. The molecule has 0 unspecified atom stereocenters. The summed E-state index contributed by atoms with van der Waals surface area (Å²) in [4.78, 5) is 0. The highest BCUT2D eigenvalue weighted by molar-refractivity contribution is 5.21. The summed E-state index contributed by atoms with van der Waals surface area (Å²) >= 11 is 0. The fourth-order valence-electron chi connectivity index (χ4n) is 6.26. The van der Waals surface area contributed by atoms with Crippen LogP contribution in [-0.2, 0) is 0 Å². The lowest BCUT2D eigenvalue weighted by Gasteiger charge is -2.36. The number of hydrogen-bond donors (Lipinski definition) is 0. The zero-order chi connectivity index (χ0) is 19.3. The van der Waals surface area contributed by atoms with Crippen LogP contribution in [0, 0.1) is 35.4 Å². The van der Waals surface area contributed by atoms with Crippen LogP contribution in [0.1, 0.15) is 95.5 Å². The monoisotopic (exact) mass is 382 g/mol. The lowest BCUT2D eigenvalue weighted by molar-refractivity contribution is 0.160. The second kappa shape index (κ2) is 9.59. The van der Waals surface area contributed by atoms with E-state index in [1.54, 1.807) is 12.1 Å². The molecule has 28 heavy (non-hydrogen) atoms. The molecule has 1 aromatic rings. The maximum absolute atomic E-state index is 13.1. The number of allylic oxidation sites excluding steroid dienone is 2. The molecule has 0 aliphatic heterocycles. The molecule has 4 rings (SSSR count). The van der Waals surface area contributed by atoms with Gasteiger partial charge in [-0.2, -0.15) is 0 Å². The Balaban J connectivity index is 1.18. The van der Waals surface area contributed by atoms with Crippen molar-refractivity contribution < 1.29 is 4.39 Å². The van der Waals surface area contributed by atoms with Gasteiger partial charge in [0.2, 0.25) is 0 Å². The van der Waals surface area contributed by atoms with Crippen molar-refractivity contribution in [3.05, 3.63) is 47.8 Å². The van der Waals surface area contributed by atoms with Gasteiger partial charge in [-0.3, -0.25) is 0 Å². The van der Waals surface area contributed by atoms with E-state index in [1.807, 2.05) is 12.1 Å². The average Bonchev–Trinajstić information content (AvgIpc) is 2.74. The fourth-order valence-corrected chi connectivity index (χ4v) is 6.26. The molecule has 3 fully saturated rings. The number of benzene rings is 1. The summed E-state index contributed by atoms with van der Waals surface area (Å²) in [6.45, 7) is 2.44. The SMILES string of the molecule is CC1CCC(C2CCC(/C=C/C3CCC(c4ccc(F)cc4)CC3)CC2)CC1. The fraction of sp³-hybridized carbons (Fsp3) is 0.704. The van der Waals surface area contributed by atoms with Crippen molar-refractivity contribution in [2.24, 2.45) is 29.6 Å². The molecule has 3 aliphatic rings. The number of rotatable bonds is 4. The maximum Gasteiger partial charge on any atom is 0.123 e. The van der Waals surface area contributed by atoms with Crippen LogP contribution in [0.15, 0.2) is 36.4 Å². The van der Waals surface area contributed by atoms with E-state index in [4.69, 9.17) is 0 Å². The van der Waals surface area contributed by atoms with Gasteiger partial charge in [-0.15, -0.1) is 0 Å². The Morgan fingerprint density at radius 1 is 0.643 bits per heavy atom. The highest BCUT2D eigenvalue weighted by atomic mass is 19.1. The van der Waals surface area contributed by atoms with Gasteiger partial charge in [0.15, 0.2) is 0 Å². The van der Waals surface area contributed by atoms with Crippen molar-refractivity contribution in [1.82, 2.24) is 0 Å². The highest BCUT2D eigenvalue weighted by Gasteiger charge is 2.29. The van der Waals surface area contributed by atoms with Crippen molar-refractivity contribution in [3.8, 4) is 0 Å². The van der Waals surface area contributed by atoms with Gasteiger partial charge < -0.3 is 0 Å². The lowest BCUT2D eigenvalue weighted by Crippen LogP contribution is -2.24. The predicted octanol–water partition coefficient (Wildman–Crippen LogP) is 8.29. The molecule has 0 saturated heterocycles. The molecular weight excluding hydrogens is 343 g/mol. The Bertz CT molecular complexity index is 606. The summed E-state index contributed by atoms with van der Waals surface area (Å²) in [5.74, 6) is 5.19. The third-order valence-electron chi connectivity index (χ3n) is 8.31. The molecular formula is C27H39F. The standard InChI is InChI=1S/C27H39F/c1-20-2-10-23(11-3-20)24-12-6-21(7-13-24)4-5-22-8-14-25(15-9-22)26-16-18-27(28)19-17-26/h4-5,16-25H,2-3,6-15H2,1H3/b5-4+. The van der Waals surface area contributed by atoms with Crippen LogP contribution in [0.4, 0.5) is 4.39 Å². The Kier molecular flexibility index (Phi) is 6.91. The normalized spacial score (nSPS) is 37.2. The summed E-state index contributed by atoms with van der Waals surface area (Å²) in [6.07, 6.45) is 22.0. The quantitative estimate of drug-likeness (QED) is 0.459. The lowest BCUT2D eigenvalue weighted by atomic mass is 9.69. The van der Waals surface area contributed by atoms with E-state index >= 15 is 0 Å². The molecule has 0 radical (unpaired) electrons. The molecule has 3 aliphatic carbocycles. The molecule has 0 nitrogen and oxygen atoms in total. The van der Waals surface area contributed by atoms with Crippen LogP contribution < -0.4 is 0 Å². The molecule has 3 saturated carbocycles. The van der Waals surface area contributed by atoms with Crippen LogP contribution in [0.5, 0.6) is 0 Å². The van der Waals surface area contributed by atoms with E-state index in [-0.39, 0.29) is 5.82 Å². The second-order valence-corrected chi connectivity index (χ2v) is 10.2. The van der Waals surface area contributed by atoms with Gasteiger partial charge >= 0.3 is 0 Å². The first-order valence-electron chi connectivity index (χ1n) is 12.1. The zero-order valence-electron chi connectivity index (χ0n) is 17.8. The number of halogens is 1. The Hall–Kier alpha value is -1.11. The average molecular weight is 383 g/mol. The summed E-state index contributed by atoms with van der Waals surface area (Å²) in [5.41, 5.74) is 1.33. The van der Waals surface area contributed by atoms with Gasteiger partial charge in [0.25, 0.3) is 0 Å². The third kappa shape index (κ3) is 5.28. The summed E-state index contributed by atoms with van der Waals surface area (Å²) in [7, 11) is 0. The van der Waals surface area contributed by atoms with Crippen molar-refractivity contribution in [3.63, 3.8) is 0 Å². The predicted molar refractivity (Wildman–Crippen MR) is 117 cm³/mol. The highest BCUT2D eigenvalue weighted by Crippen LogP contribution is 2.42. The van der Waals surface area contributed by atoms with Gasteiger partial charge in [-0.25, -0.2) is 4.39 Å². The van der Waals surface area contributed by atoms with E-state index in [0.717, 1.165) is 29.6 Å². The van der Waals surface area contributed by atoms with Crippen molar-refractivity contribution >= 4 is 0 Å². The number of hydrogen-bond acceptors (Lipinski definition) is 0. The van der Waals surface area contributed by atoms with Crippen molar-refractivity contribution in [1.29, 1.82) is 0 Å². The summed E-state index contributed by atoms with van der Waals surface area (Å²) in [6, 6.07) is 7.21. The minimum Gasteiger partial charge on any atom is -0.207 e. The van der Waals surface area contributed by atoms with E-state index in [0.29, 0.717) is 5.92 Å². The molecule has 0 aromatic heterocycles. The Morgan fingerprint density at radius 3 is 1.64 bits per heavy atom. The summed E-state index contributed by atoms with van der Waals surface area (Å²) < 4.78 is 13.1. The first-order valence-corrected chi connectivity index (χ1v) is 12.1. The molecule has 0 N–H and O–H groups in total. The molecule has 1 heteroatoms. The Morgan fingerprint density at radius 2 is 1.11 bits per heavy atom. The second-order valence-electron chi connectivity index (χ2n) is 10.2. The minimum atomic E-state index is -0.117. The molecule has 0 spiro atoms. The van der Waals surface area contributed by atoms with E-state index in [2.05, 4.69) is 19.1 Å². The van der Waals surface area contributed by atoms with Crippen molar-refractivity contribution in [2.75, 3.05) is 0 Å². The maximum atomic E-state index is 13.1. The largest absolute Gasteiger partial charge is 0.207 e. The van der Waals surface area contributed by atoms with Gasteiger partial charge in [0.1, 0.15) is 5.82 Å². The van der Waals surface area contributed by atoms with Gasteiger partial charge in [-0.05, 0) is 117 Å². The van der Waals surface area contributed by atoms with E-state index in [1.165, 1.54) is 82.6 Å². The van der Waals surface area contributed by atoms with Crippen LogP contribution >= 0.6 is 0 Å². The van der Waals surface area contributed by atoms with Gasteiger partial charge in [-0.1, -0.05) is 44.1 Å². The molecule has 0 heterocycles. The Labute approximate surface area is 172 Å². The van der Waals surface area contributed by atoms with Crippen LogP contribution in [0.25, 0.3) is 0 Å². The first kappa shape index (κ1) is 20.2. The van der Waals surface area contributed by atoms with Gasteiger partial charge in [0.05, 0.1) is 0 Å². The van der Waals surface area contributed by atoms with E-state index < -0.39 is 0 Å². The van der Waals surface area contributed by atoms with Gasteiger partial charge in [0, 0.05) is 0 Å². The van der Waals surface area contributed by atoms with E-state index in [9.17, 15) is 4.39 Å². The molecule has 0 atom stereocenters. The van der Waals surface area contributed by atoms with Crippen LogP contribution in [0.2, 0.25) is 0 Å². The smallest absolute Gasteiger partial charge is 0.123 e. The molecule has 0 bridgehead atoms. The molecule has 0 amide bonds. The zero-order valence-corrected chi connectivity index (χ0v) is 17.8. The van der Waals surface area contributed by atoms with Crippen LogP contribution in [0.3, 0.4) is 0 Å². The minimum absolute atomic E-state index is 0.117. The third-order valence-corrected chi connectivity index (χ3v) is 8.31. The molecule has 1 aromatic carbocycles.